The third kappa shape index (κ3) is 3.69. The number of H-pyrrole nitrogens is 1. The van der Waals surface area contributed by atoms with E-state index in [1.807, 2.05) is 65.3 Å². The number of aromatic nitrogens is 4. The number of fused-ring (bicyclic) bond motifs is 2. The molecule has 3 aromatic heterocycles. The molecule has 8 heteroatoms. The quantitative estimate of drug-likeness (QED) is 0.317. The van der Waals surface area contributed by atoms with E-state index in [1.165, 1.54) is 6.07 Å². The average molecular weight is 491 g/mol. The second kappa shape index (κ2) is 8.44. The van der Waals surface area contributed by atoms with Gasteiger partial charge < -0.3 is 15.2 Å². The Morgan fingerprint density at radius 2 is 2.00 bits per heavy atom. The van der Waals surface area contributed by atoms with Gasteiger partial charge in [-0.1, -0.05) is 24.3 Å². The number of hydrogen-bond donors (Lipinski definition) is 2. The molecule has 0 spiro atoms. The zero-order valence-electron chi connectivity index (χ0n) is 19.9. The Hall–Kier alpha value is -4.72. The van der Waals surface area contributed by atoms with E-state index >= 15 is 0 Å². The first-order valence-electron chi connectivity index (χ1n) is 12.3. The van der Waals surface area contributed by atoms with Gasteiger partial charge >= 0.3 is 0 Å². The van der Waals surface area contributed by atoms with Crippen LogP contribution < -0.4 is 10.2 Å². The number of hydrogen-bond acceptors (Lipinski definition) is 4. The zero-order valence-corrected chi connectivity index (χ0v) is 19.9. The molecule has 1 unspecified atom stereocenters. The van der Waals surface area contributed by atoms with Crippen molar-refractivity contribution in [3.8, 4) is 11.3 Å². The summed E-state index contributed by atoms with van der Waals surface area (Å²) in [5.74, 6) is 0.473. The van der Waals surface area contributed by atoms with Crippen LogP contribution in [0, 0.1) is 5.82 Å². The maximum absolute atomic E-state index is 13.9. The summed E-state index contributed by atoms with van der Waals surface area (Å²) in [5, 5.41) is 7.93. The fraction of sp³-hybridized carbons (Fsp3) is 0.138. The van der Waals surface area contributed by atoms with Crippen molar-refractivity contribution in [2.24, 2.45) is 0 Å². The Morgan fingerprint density at radius 3 is 2.86 bits per heavy atom. The highest BCUT2D eigenvalue weighted by Gasteiger charge is 2.28. The number of rotatable bonds is 4. The van der Waals surface area contributed by atoms with Crippen LogP contribution in [-0.2, 0) is 4.79 Å². The summed E-state index contributed by atoms with van der Waals surface area (Å²) in [6, 6.07) is 20.6. The predicted octanol–water partition coefficient (Wildman–Crippen LogP) is 5.70. The van der Waals surface area contributed by atoms with Crippen molar-refractivity contribution >= 4 is 34.7 Å². The lowest BCUT2D eigenvalue weighted by Crippen LogP contribution is -2.24. The normalized spacial score (nSPS) is 18.1. The van der Waals surface area contributed by atoms with Gasteiger partial charge in [-0.25, -0.2) is 13.9 Å². The molecule has 0 bridgehead atoms. The number of aromatic amines is 1. The van der Waals surface area contributed by atoms with Gasteiger partial charge in [-0.2, -0.15) is 0 Å². The standard InChI is InChI=1S/C29H23FN6O/c30-20-5-1-4-18(14-20)25-7-3-13-35(25)28-11-10-27-32-17-26(36(27)34-28)19-8-9-22-23(16-21-6-2-12-31-21)29(37)33-24(22)15-19/h1-2,4-6,8-12,14-17,25,31H,3,7,13H2,(H,33,37). The van der Waals surface area contributed by atoms with E-state index in [2.05, 4.69) is 20.2 Å². The van der Waals surface area contributed by atoms with Gasteiger partial charge in [0.2, 0.25) is 0 Å². The molecule has 5 heterocycles. The third-order valence-corrected chi connectivity index (χ3v) is 7.15. The fourth-order valence-electron chi connectivity index (χ4n) is 5.40. The Balaban J connectivity index is 1.25. The number of benzene rings is 2. The van der Waals surface area contributed by atoms with Gasteiger partial charge in [-0.3, -0.25) is 4.79 Å². The fourth-order valence-corrected chi connectivity index (χ4v) is 5.40. The Bertz CT molecular complexity index is 1690. The topological polar surface area (TPSA) is 78.3 Å². The van der Waals surface area contributed by atoms with Crippen LogP contribution in [0.2, 0.25) is 0 Å². The van der Waals surface area contributed by atoms with Crippen LogP contribution in [0.3, 0.4) is 0 Å². The summed E-state index contributed by atoms with van der Waals surface area (Å²) < 4.78 is 15.8. The number of halogens is 1. The minimum atomic E-state index is -0.223. The Kier molecular flexibility index (Phi) is 4.92. The molecule has 5 aromatic rings. The van der Waals surface area contributed by atoms with Crippen LogP contribution in [0.25, 0.3) is 28.6 Å². The molecule has 2 aromatic carbocycles. The maximum Gasteiger partial charge on any atom is 0.256 e. The lowest BCUT2D eigenvalue weighted by molar-refractivity contribution is -0.110. The van der Waals surface area contributed by atoms with Crippen molar-refractivity contribution in [3.63, 3.8) is 0 Å². The number of amides is 1. The first-order valence-corrected chi connectivity index (χ1v) is 12.3. The van der Waals surface area contributed by atoms with Crippen molar-refractivity contribution in [3.05, 3.63) is 102 Å². The Labute approximate surface area is 212 Å². The molecule has 7 nitrogen and oxygen atoms in total. The number of imidazole rings is 1. The number of anilines is 2. The lowest BCUT2D eigenvalue weighted by Gasteiger charge is -2.26. The van der Waals surface area contributed by atoms with Crippen molar-refractivity contribution in [2.75, 3.05) is 16.8 Å². The molecule has 37 heavy (non-hydrogen) atoms. The SMILES string of the molecule is O=C1Nc2cc(-c3cnc4ccc(N5CCCC5c5cccc(F)c5)nn34)ccc2C1=Cc1ccc[nH]1. The number of carbonyl (C=O) groups excluding carboxylic acids is 1. The van der Waals surface area contributed by atoms with E-state index < -0.39 is 0 Å². The van der Waals surface area contributed by atoms with Crippen molar-refractivity contribution in [1.82, 2.24) is 19.6 Å². The number of nitrogens with one attached hydrogen (secondary N) is 2. The van der Waals surface area contributed by atoms with Gasteiger partial charge in [-0.15, -0.1) is 5.10 Å². The van der Waals surface area contributed by atoms with Gasteiger partial charge in [-0.05, 0) is 66.9 Å². The van der Waals surface area contributed by atoms with Gasteiger partial charge in [0.1, 0.15) is 11.6 Å². The van der Waals surface area contributed by atoms with Crippen LogP contribution in [0.15, 0.2) is 79.1 Å². The summed E-state index contributed by atoms with van der Waals surface area (Å²) >= 11 is 0. The zero-order chi connectivity index (χ0) is 24.9. The molecule has 0 radical (unpaired) electrons. The summed E-state index contributed by atoms with van der Waals surface area (Å²) in [6.45, 7) is 0.852. The van der Waals surface area contributed by atoms with Crippen molar-refractivity contribution in [2.45, 2.75) is 18.9 Å². The number of nitrogens with zero attached hydrogens (tertiary/aromatic N) is 4. The molecule has 2 N–H and O–H groups in total. The lowest BCUT2D eigenvalue weighted by atomic mass is 10.0. The average Bonchev–Trinajstić information content (AvgIpc) is 3.71. The second-order valence-corrected chi connectivity index (χ2v) is 9.41. The van der Waals surface area contributed by atoms with E-state index in [4.69, 9.17) is 5.10 Å². The van der Waals surface area contributed by atoms with Gasteiger partial charge in [0.05, 0.1) is 23.5 Å². The van der Waals surface area contributed by atoms with Gasteiger partial charge in [0.25, 0.3) is 5.91 Å². The van der Waals surface area contributed by atoms with Crippen LogP contribution in [0.4, 0.5) is 15.9 Å². The first kappa shape index (κ1) is 21.6. The van der Waals surface area contributed by atoms with Crippen LogP contribution in [-0.4, -0.2) is 32.0 Å². The molecule has 1 saturated heterocycles. The Morgan fingerprint density at radius 1 is 1.05 bits per heavy atom. The van der Waals surface area contributed by atoms with Crippen molar-refractivity contribution in [1.29, 1.82) is 0 Å². The van der Waals surface area contributed by atoms with E-state index in [9.17, 15) is 9.18 Å². The second-order valence-electron chi connectivity index (χ2n) is 9.41. The summed E-state index contributed by atoms with van der Waals surface area (Å²) in [4.78, 5) is 22.6. The van der Waals surface area contributed by atoms with E-state index in [1.54, 1.807) is 18.3 Å². The van der Waals surface area contributed by atoms with Crippen LogP contribution in [0.5, 0.6) is 0 Å². The molecule has 0 aliphatic carbocycles. The smallest absolute Gasteiger partial charge is 0.256 e. The monoisotopic (exact) mass is 490 g/mol. The highest BCUT2D eigenvalue weighted by atomic mass is 19.1. The molecule has 7 rings (SSSR count). The molecular weight excluding hydrogens is 467 g/mol. The first-order chi connectivity index (χ1) is 18.1. The summed E-state index contributed by atoms with van der Waals surface area (Å²) in [7, 11) is 0. The molecule has 2 aliphatic rings. The highest BCUT2D eigenvalue weighted by Crippen LogP contribution is 2.38. The molecule has 0 saturated carbocycles. The predicted molar refractivity (Wildman–Crippen MR) is 141 cm³/mol. The van der Waals surface area contributed by atoms with E-state index in [-0.39, 0.29) is 17.8 Å². The number of carbonyl (C=O) groups is 1. The largest absolute Gasteiger partial charge is 0.362 e. The van der Waals surface area contributed by atoms with E-state index in [0.717, 1.165) is 64.6 Å². The molecule has 1 amide bonds. The van der Waals surface area contributed by atoms with Gasteiger partial charge in [0.15, 0.2) is 5.65 Å². The molecular formula is C29H23FN6O. The van der Waals surface area contributed by atoms with E-state index in [0.29, 0.717) is 5.57 Å². The molecule has 1 fully saturated rings. The van der Waals surface area contributed by atoms with Crippen LogP contribution >= 0.6 is 0 Å². The van der Waals surface area contributed by atoms with Crippen LogP contribution in [0.1, 0.15) is 35.7 Å². The minimum Gasteiger partial charge on any atom is -0.362 e. The third-order valence-electron chi connectivity index (χ3n) is 7.15. The summed E-state index contributed by atoms with van der Waals surface area (Å²) in [6.07, 6.45) is 7.45. The maximum atomic E-state index is 13.9. The molecule has 2 aliphatic heterocycles. The molecule has 1 atom stereocenters. The van der Waals surface area contributed by atoms with Gasteiger partial charge in [0, 0.05) is 35.2 Å². The highest BCUT2D eigenvalue weighted by molar-refractivity contribution is 6.35. The van der Waals surface area contributed by atoms with Crippen molar-refractivity contribution < 1.29 is 9.18 Å². The minimum absolute atomic E-state index is 0.0766. The summed E-state index contributed by atoms with van der Waals surface area (Å²) in [5.41, 5.74) is 6.55. The molecule has 182 valence electrons.